The van der Waals surface area contributed by atoms with Crippen LogP contribution in [-0.2, 0) is 19.1 Å². The fraction of sp³-hybridized carbons (Fsp3) is 0.680. The molecule has 0 radical (unpaired) electrons. The third kappa shape index (κ3) is 4.37. The standard InChI is InChI=1S/C25H34N2O5/c28-23-16-30-17-25(26-23)12-4-13-27-22(25)15-32-19-10-8-18(9-11-19)20-5-1-2-6-21(20)31-14-3-7-24(27)29/h1-2,5-6,18-19,22H,3-4,7-17H2,(H,26,28)/t18?,19?,22-,25+/m0/s1. The van der Waals surface area contributed by atoms with Gasteiger partial charge < -0.3 is 24.4 Å². The van der Waals surface area contributed by atoms with Crippen molar-refractivity contribution in [3.05, 3.63) is 29.8 Å². The molecule has 0 aromatic heterocycles. The molecule has 3 fully saturated rings. The van der Waals surface area contributed by atoms with E-state index in [-0.39, 0.29) is 30.6 Å². The van der Waals surface area contributed by atoms with Gasteiger partial charge in [-0.15, -0.1) is 0 Å². The topological polar surface area (TPSA) is 77.1 Å². The Morgan fingerprint density at radius 1 is 1.06 bits per heavy atom. The van der Waals surface area contributed by atoms with E-state index >= 15 is 0 Å². The van der Waals surface area contributed by atoms with Crippen molar-refractivity contribution in [3.8, 4) is 5.75 Å². The predicted octanol–water partition coefficient (Wildman–Crippen LogP) is 2.78. The SMILES string of the molecule is O=C1COC[C@@]2(CCCN3C(=O)CCCOc4ccccc4C4CCC(CC4)OC[C@H]32)N1. The number of benzene rings is 1. The number of carbonyl (C=O) groups is 2. The lowest BCUT2D eigenvalue weighted by atomic mass is 9.80. The minimum atomic E-state index is -0.554. The van der Waals surface area contributed by atoms with Gasteiger partial charge in [-0.1, -0.05) is 18.2 Å². The first-order valence-electron chi connectivity index (χ1n) is 12.2. The van der Waals surface area contributed by atoms with Gasteiger partial charge in [0, 0.05) is 13.0 Å². The molecule has 174 valence electrons. The molecule has 2 bridgehead atoms. The van der Waals surface area contributed by atoms with Crippen LogP contribution in [0.15, 0.2) is 24.3 Å². The average Bonchev–Trinajstić information content (AvgIpc) is 2.81. The van der Waals surface area contributed by atoms with Gasteiger partial charge in [0.2, 0.25) is 11.8 Å². The van der Waals surface area contributed by atoms with Crippen LogP contribution in [0.3, 0.4) is 0 Å². The van der Waals surface area contributed by atoms with Crippen molar-refractivity contribution in [3.63, 3.8) is 0 Å². The summed E-state index contributed by atoms with van der Waals surface area (Å²) in [6.45, 7) is 2.18. The molecule has 4 aliphatic heterocycles. The van der Waals surface area contributed by atoms with E-state index in [1.54, 1.807) is 0 Å². The van der Waals surface area contributed by atoms with Crippen molar-refractivity contribution in [2.24, 2.45) is 0 Å². The molecule has 1 aromatic carbocycles. The second-order valence-corrected chi connectivity index (χ2v) is 9.70. The van der Waals surface area contributed by atoms with Crippen LogP contribution in [0, 0.1) is 0 Å². The highest BCUT2D eigenvalue weighted by molar-refractivity contribution is 5.80. The van der Waals surface area contributed by atoms with Crippen molar-refractivity contribution in [1.29, 1.82) is 0 Å². The number of nitrogens with zero attached hydrogens (tertiary/aromatic N) is 1. The number of carbonyl (C=O) groups excluding carboxylic acids is 2. The highest BCUT2D eigenvalue weighted by Crippen LogP contribution is 2.39. The fourth-order valence-electron chi connectivity index (χ4n) is 5.99. The molecule has 7 heteroatoms. The molecule has 4 heterocycles. The maximum atomic E-state index is 13.3. The van der Waals surface area contributed by atoms with E-state index in [9.17, 15) is 9.59 Å². The Balaban J connectivity index is 1.39. The van der Waals surface area contributed by atoms with Gasteiger partial charge in [-0.05, 0) is 62.5 Å². The van der Waals surface area contributed by atoms with Gasteiger partial charge in [0.05, 0.1) is 37.5 Å². The number of nitrogens with one attached hydrogen (secondary N) is 1. The zero-order valence-electron chi connectivity index (χ0n) is 18.7. The summed E-state index contributed by atoms with van der Waals surface area (Å²) in [7, 11) is 0. The molecule has 0 unspecified atom stereocenters. The Morgan fingerprint density at radius 3 is 2.75 bits per heavy atom. The molecule has 1 aromatic rings. The molecule has 2 atom stereocenters. The van der Waals surface area contributed by atoms with Gasteiger partial charge in [0.25, 0.3) is 0 Å². The summed E-state index contributed by atoms with van der Waals surface area (Å²) in [5, 5.41) is 3.19. The van der Waals surface area contributed by atoms with E-state index in [1.807, 2.05) is 17.0 Å². The quantitative estimate of drug-likeness (QED) is 0.669. The second-order valence-electron chi connectivity index (χ2n) is 9.70. The van der Waals surface area contributed by atoms with Gasteiger partial charge in [-0.2, -0.15) is 0 Å². The number of morpholine rings is 1. The fourth-order valence-corrected chi connectivity index (χ4v) is 5.99. The van der Waals surface area contributed by atoms with Crippen LogP contribution in [0.1, 0.15) is 62.8 Å². The Labute approximate surface area is 189 Å². The van der Waals surface area contributed by atoms with E-state index in [4.69, 9.17) is 14.2 Å². The molecule has 1 spiro atoms. The van der Waals surface area contributed by atoms with Gasteiger partial charge in [-0.25, -0.2) is 0 Å². The van der Waals surface area contributed by atoms with Crippen LogP contribution < -0.4 is 10.1 Å². The molecular weight excluding hydrogens is 408 g/mol. The van der Waals surface area contributed by atoms with Gasteiger partial charge >= 0.3 is 0 Å². The molecule has 1 aliphatic carbocycles. The van der Waals surface area contributed by atoms with Crippen molar-refractivity contribution in [2.45, 2.75) is 75.0 Å². The number of fused-ring (bicyclic) bond motifs is 7. The van der Waals surface area contributed by atoms with Gasteiger partial charge in [0.15, 0.2) is 0 Å². The lowest BCUT2D eigenvalue weighted by Gasteiger charge is -2.51. The Bertz CT molecular complexity index is 833. The summed E-state index contributed by atoms with van der Waals surface area (Å²) in [4.78, 5) is 27.4. The summed E-state index contributed by atoms with van der Waals surface area (Å²) < 4.78 is 18.2. The second kappa shape index (κ2) is 9.40. The van der Waals surface area contributed by atoms with E-state index in [2.05, 4.69) is 17.4 Å². The number of rotatable bonds is 0. The van der Waals surface area contributed by atoms with Crippen LogP contribution in [0.4, 0.5) is 0 Å². The molecule has 7 nitrogen and oxygen atoms in total. The third-order valence-corrected chi connectivity index (χ3v) is 7.65. The van der Waals surface area contributed by atoms with Crippen LogP contribution in [-0.4, -0.2) is 67.4 Å². The maximum absolute atomic E-state index is 13.3. The van der Waals surface area contributed by atoms with Crippen molar-refractivity contribution in [1.82, 2.24) is 10.2 Å². The predicted molar refractivity (Wildman–Crippen MR) is 119 cm³/mol. The Morgan fingerprint density at radius 2 is 1.91 bits per heavy atom. The zero-order chi connectivity index (χ0) is 22.0. The molecule has 1 N–H and O–H groups in total. The molecule has 5 aliphatic rings. The summed E-state index contributed by atoms with van der Waals surface area (Å²) in [5.74, 6) is 1.44. The first kappa shape index (κ1) is 21.7. The van der Waals surface area contributed by atoms with Crippen LogP contribution in [0.25, 0.3) is 0 Å². The van der Waals surface area contributed by atoms with Crippen molar-refractivity contribution in [2.75, 3.05) is 33.0 Å². The lowest BCUT2D eigenvalue weighted by molar-refractivity contribution is -0.155. The minimum Gasteiger partial charge on any atom is -0.493 e. The van der Waals surface area contributed by atoms with Gasteiger partial charge in [0.1, 0.15) is 12.4 Å². The monoisotopic (exact) mass is 442 g/mol. The minimum absolute atomic E-state index is 0.0885. The van der Waals surface area contributed by atoms with Crippen LogP contribution in [0.5, 0.6) is 5.75 Å². The van der Waals surface area contributed by atoms with E-state index in [0.29, 0.717) is 45.1 Å². The van der Waals surface area contributed by atoms with Crippen molar-refractivity contribution >= 4 is 11.8 Å². The Hall–Kier alpha value is -2.12. The molecule has 32 heavy (non-hydrogen) atoms. The largest absolute Gasteiger partial charge is 0.493 e. The number of para-hydroxylation sites is 1. The number of ether oxygens (including phenoxy) is 3. The molecule has 2 amide bonds. The smallest absolute Gasteiger partial charge is 0.246 e. The normalized spacial score (nSPS) is 34.0. The lowest BCUT2D eigenvalue weighted by Crippen LogP contribution is -2.72. The number of amides is 2. The van der Waals surface area contributed by atoms with E-state index in [0.717, 1.165) is 44.3 Å². The van der Waals surface area contributed by atoms with Crippen LogP contribution >= 0.6 is 0 Å². The molecule has 6 rings (SSSR count). The van der Waals surface area contributed by atoms with Crippen LogP contribution in [0.2, 0.25) is 0 Å². The molecule has 2 saturated heterocycles. The average molecular weight is 443 g/mol. The van der Waals surface area contributed by atoms with Crippen molar-refractivity contribution < 1.29 is 23.8 Å². The number of hydrogen-bond donors (Lipinski definition) is 1. The highest BCUT2D eigenvalue weighted by Gasteiger charge is 2.49. The van der Waals surface area contributed by atoms with E-state index < -0.39 is 5.54 Å². The zero-order valence-corrected chi connectivity index (χ0v) is 18.7. The summed E-state index contributed by atoms with van der Waals surface area (Å²) >= 11 is 0. The summed E-state index contributed by atoms with van der Waals surface area (Å²) in [6.07, 6.45) is 7.07. The first-order chi connectivity index (χ1) is 15.6. The summed E-state index contributed by atoms with van der Waals surface area (Å²) in [6, 6.07) is 8.13. The Kier molecular flexibility index (Phi) is 6.37. The van der Waals surface area contributed by atoms with E-state index in [1.165, 1.54) is 5.56 Å². The molecule has 1 saturated carbocycles. The van der Waals surface area contributed by atoms with Gasteiger partial charge in [-0.3, -0.25) is 9.59 Å². The molecular formula is C25H34N2O5. The third-order valence-electron chi connectivity index (χ3n) is 7.65. The number of hydrogen-bond acceptors (Lipinski definition) is 5. The number of piperidine rings is 1. The summed E-state index contributed by atoms with van der Waals surface area (Å²) in [5.41, 5.74) is 0.729. The maximum Gasteiger partial charge on any atom is 0.246 e. The first-order valence-corrected chi connectivity index (χ1v) is 12.2. The highest BCUT2D eigenvalue weighted by atomic mass is 16.5.